The van der Waals surface area contributed by atoms with Crippen molar-refractivity contribution in [3.8, 4) is 0 Å². The predicted molar refractivity (Wildman–Crippen MR) is 128 cm³/mol. The van der Waals surface area contributed by atoms with E-state index < -0.39 is 30.7 Å². The van der Waals surface area contributed by atoms with Gasteiger partial charge in [0.25, 0.3) is 0 Å². The summed E-state index contributed by atoms with van der Waals surface area (Å²) in [7, 11) is 1.57. The van der Waals surface area contributed by atoms with Gasteiger partial charge in [-0.3, -0.25) is 0 Å². The predicted octanol–water partition coefficient (Wildman–Crippen LogP) is 4.11. The Hall–Kier alpha value is -2.58. The second-order valence-corrected chi connectivity index (χ2v) is 8.24. The molecule has 1 aliphatic rings. The standard InChI is InChI=1S/C28H32O6/c1-30-28-27(33-20-23-15-9-4-10-16-23)26(32-19-22-13-7-3-8-14-22)25(24(17-29)34-28)31-18-21-11-5-2-6-12-21/h2-16,24-29H,17-20H2,1H3/t24?,25-,26+,27?,28+/m0/s1. The van der Waals surface area contributed by atoms with Crippen LogP contribution in [0.25, 0.3) is 0 Å². The molecular weight excluding hydrogens is 432 g/mol. The first-order chi connectivity index (χ1) is 16.8. The quantitative estimate of drug-likeness (QED) is 0.461. The number of rotatable bonds is 11. The van der Waals surface area contributed by atoms with Crippen LogP contribution in [0.2, 0.25) is 0 Å². The van der Waals surface area contributed by atoms with Gasteiger partial charge in [0.15, 0.2) is 6.29 Å². The van der Waals surface area contributed by atoms with Crippen molar-refractivity contribution in [2.24, 2.45) is 0 Å². The van der Waals surface area contributed by atoms with Crippen molar-refractivity contribution in [3.05, 3.63) is 108 Å². The Bertz CT molecular complexity index is 895. The first-order valence-electron chi connectivity index (χ1n) is 11.5. The Balaban J connectivity index is 1.56. The Labute approximate surface area is 201 Å². The highest BCUT2D eigenvalue weighted by atomic mass is 16.7. The smallest absolute Gasteiger partial charge is 0.186 e. The largest absolute Gasteiger partial charge is 0.394 e. The lowest BCUT2D eigenvalue weighted by molar-refractivity contribution is -0.321. The number of hydrogen-bond donors (Lipinski definition) is 1. The fraction of sp³-hybridized carbons (Fsp3) is 0.357. The minimum atomic E-state index is -0.710. The first-order valence-corrected chi connectivity index (χ1v) is 11.5. The van der Waals surface area contributed by atoms with E-state index in [2.05, 4.69) is 0 Å². The first kappa shape index (κ1) is 24.5. The minimum Gasteiger partial charge on any atom is -0.394 e. The van der Waals surface area contributed by atoms with Crippen molar-refractivity contribution < 1.29 is 28.8 Å². The van der Waals surface area contributed by atoms with Crippen molar-refractivity contribution in [1.82, 2.24) is 0 Å². The molecule has 0 amide bonds. The van der Waals surface area contributed by atoms with Crippen LogP contribution in [-0.4, -0.2) is 49.5 Å². The van der Waals surface area contributed by atoms with E-state index in [4.69, 9.17) is 23.7 Å². The number of ether oxygens (including phenoxy) is 5. The second-order valence-electron chi connectivity index (χ2n) is 8.24. The van der Waals surface area contributed by atoms with Gasteiger partial charge in [0, 0.05) is 7.11 Å². The molecule has 1 N–H and O–H groups in total. The van der Waals surface area contributed by atoms with Crippen LogP contribution >= 0.6 is 0 Å². The summed E-state index contributed by atoms with van der Waals surface area (Å²) in [4.78, 5) is 0. The van der Waals surface area contributed by atoms with Crippen LogP contribution < -0.4 is 0 Å². The molecule has 0 aromatic heterocycles. The number of aliphatic hydroxyl groups excluding tert-OH is 1. The molecule has 0 spiro atoms. The molecule has 5 atom stereocenters. The van der Waals surface area contributed by atoms with E-state index in [1.165, 1.54) is 0 Å². The van der Waals surface area contributed by atoms with Crippen molar-refractivity contribution in [2.75, 3.05) is 13.7 Å². The van der Waals surface area contributed by atoms with E-state index in [-0.39, 0.29) is 6.61 Å². The maximum atomic E-state index is 10.1. The van der Waals surface area contributed by atoms with E-state index in [1.54, 1.807) is 7.11 Å². The highest BCUT2D eigenvalue weighted by Crippen LogP contribution is 2.30. The third-order valence-corrected chi connectivity index (χ3v) is 5.86. The summed E-state index contributed by atoms with van der Waals surface area (Å²) in [6, 6.07) is 29.8. The molecule has 6 nitrogen and oxygen atoms in total. The van der Waals surface area contributed by atoms with E-state index in [9.17, 15) is 5.11 Å². The van der Waals surface area contributed by atoms with Crippen LogP contribution in [0.15, 0.2) is 91.0 Å². The summed E-state index contributed by atoms with van der Waals surface area (Å²) >= 11 is 0. The fourth-order valence-corrected chi connectivity index (χ4v) is 4.08. The summed E-state index contributed by atoms with van der Waals surface area (Å²) in [5.41, 5.74) is 3.09. The molecule has 1 saturated heterocycles. The van der Waals surface area contributed by atoms with Gasteiger partial charge >= 0.3 is 0 Å². The molecule has 1 fully saturated rings. The number of benzene rings is 3. The average molecular weight is 465 g/mol. The van der Waals surface area contributed by atoms with Gasteiger partial charge in [-0.2, -0.15) is 0 Å². The van der Waals surface area contributed by atoms with E-state index >= 15 is 0 Å². The number of methoxy groups -OCH3 is 1. The summed E-state index contributed by atoms with van der Waals surface area (Å²) in [6.07, 6.45) is -2.97. The zero-order valence-corrected chi connectivity index (χ0v) is 19.4. The van der Waals surface area contributed by atoms with Gasteiger partial charge in [-0.15, -0.1) is 0 Å². The lowest BCUT2D eigenvalue weighted by Crippen LogP contribution is -2.61. The normalized spacial score (nSPS) is 24.7. The fourth-order valence-electron chi connectivity index (χ4n) is 4.08. The summed E-state index contributed by atoms with van der Waals surface area (Å²) in [5, 5.41) is 10.1. The number of hydrogen-bond acceptors (Lipinski definition) is 6. The van der Waals surface area contributed by atoms with Gasteiger partial charge in [0.05, 0.1) is 26.4 Å². The van der Waals surface area contributed by atoms with Gasteiger partial charge in [0.1, 0.15) is 24.4 Å². The maximum absolute atomic E-state index is 10.1. The van der Waals surface area contributed by atoms with E-state index in [0.717, 1.165) is 16.7 Å². The minimum absolute atomic E-state index is 0.226. The van der Waals surface area contributed by atoms with Crippen LogP contribution in [0.1, 0.15) is 16.7 Å². The molecule has 180 valence electrons. The molecule has 4 rings (SSSR count). The lowest BCUT2D eigenvalue weighted by atomic mass is 9.98. The SMILES string of the molecule is CO[C@@H]1OC(CO)[C@H](OCc2ccccc2)[C@@H](OCc2ccccc2)C1OCc1ccccc1. The monoisotopic (exact) mass is 464 g/mol. The van der Waals surface area contributed by atoms with Crippen molar-refractivity contribution in [3.63, 3.8) is 0 Å². The van der Waals surface area contributed by atoms with Gasteiger partial charge in [-0.25, -0.2) is 0 Å². The summed E-state index contributed by atoms with van der Waals surface area (Å²) in [5.74, 6) is 0. The molecule has 6 heteroatoms. The Morgan fingerprint density at radius 3 is 1.44 bits per heavy atom. The molecule has 3 aromatic rings. The zero-order chi connectivity index (χ0) is 23.6. The van der Waals surface area contributed by atoms with E-state index in [1.807, 2.05) is 91.0 Å². The second kappa shape index (κ2) is 12.8. The lowest BCUT2D eigenvalue weighted by Gasteiger charge is -2.45. The van der Waals surface area contributed by atoms with Gasteiger partial charge < -0.3 is 28.8 Å². The Morgan fingerprint density at radius 2 is 1.03 bits per heavy atom. The van der Waals surface area contributed by atoms with Crippen LogP contribution in [0.5, 0.6) is 0 Å². The zero-order valence-electron chi connectivity index (χ0n) is 19.4. The molecule has 3 aromatic carbocycles. The molecule has 0 saturated carbocycles. The van der Waals surface area contributed by atoms with Crippen LogP contribution in [0.4, 0.5) is 0 Å². The number of aliphatic hydroxyl groups is 1. The highest BCUT2D eigenvalue weighted by molar-refractivity contribution is 5.15. The average Bonchev–Trinajstić information content (AvgIpc) is 2.91. The van der Waals surface area contributed by atoms with Crippen molar-refractivity contribution >= 4 is 0 Å². The van der Waals surface area contributed by atoms with Gasteiger partial charge in [-0.05, 0) is 16.7 Å². The third kappa shape index (κ3) is 6.51. The molecule has 2 unspecified atom stereocenters. The van der Waals surface area contributed by atoms with E-state index in [0.29, 0.717) is 19.8 Å². The molecule has 34 heavy (non-hydrogen) atoms. The summed E-state index contributed by atoms with van der Waals surface area (Å²) in [6.45, 7) is 0.876. The molecule has 0 radical (unpaired) electrons. The molecule has 0 aliphatic carbocycles. The third-order valence-electron chi connectivity index (χ3n) is 5.86. The van der Waals surface area contributed by atoms with Crippen molar-refractivity contribution in [1.29, 1.82) is 0 Å². The topological polar surface area (TPSA) is 66.4 Å². The maximum Gasteiger partial charge on any atom is 0.186 e. The highest BCUT2D eigenvalue weighted by Gasteiger charge is 2.48. The Kier molecular flexibility index (Phi) is 9.21. The Morgan fingerprint density at radius 1 is 0.618 bits per heavy atom. The summed E-state index contributed by atoms with van der Waals surface area (Å²) < 4.78 is 30.7. The van der Waals surface area contributed by atoms with Crippen LogP contribution in [0, 0.1) is 0 Å². The molecule has 0 bridgehead atoms. The van der Waals surface area contributed by atoms with Gasteiger partial charge in [-0.1, -0.05) is 91.0 Å². The van der Waals surface area contributed by atoms with Crippen LogP contribution in [-0.2, 0) is 43.5 Å². The molecular formula is C28H32O6. The van der Waals surface area contributed by atoms with Crippen LogP contribution in [0.3, 0.4) is 0 Å². The van der Waals surface area contributed by atoms with Gasteiger partial charge in [0.2, 0.25) is 0 Å². The van der Waals surface area contributed by atoms with Crippen molar-refractivity contribution in [2.45, 2.75) is 50.5 Å². The molecule has 1 heterocycles. The molecule has 1 aliphatic heterocycles.